The summed E-state index contributed by atoms with van der Waals surface area (Å²) in [5.41, 5.74) is 1.02. The predicted octanol–water partition coefficient (Wildman–Crippen LogP) is 4.83. The van der Waals surface area contributed by atoms with Crippen molar-refractivity contribution >= 4 is 9.73 Å². The molecule has 0 bridgehead atoms. The smallest absolute Gasteiger partial charge is 0.137 e. The van der Waals surface area contributed by atoms with Crippen molar-refractivity contribution in [2.45, 2.75) is 16.0 Å². The third kappa shape index (κ3) is 3.81. The highest BCUT2D eigenvalue weighted by atomic mass is 32.2. The van der Waals surface area contributed by atoms with Crippen LogP contribution in [0.4, 0.5) is 0 Å². The Balaban J connectivity index is 2.24. The molecule has 25 heavy (non-hydrogen) atoms. The summed E-state index contributed by atoms with van der Waals surface area (Å²) in [6.07, 6.45) is -0.297. The van der Waals surface area contributed by atoms with Gasteiger partial charge in [0.05, 0.1) is 9.79 Å². The Morgan fingerprint density at radius 1 is 0.720 bits per heavy atom. The van der Waals surface area contributed by atoms with Gasteiger partial charge in [-0.25, -0.2) is 8.57 Å². The molecule has 1 unspecified atom stereocenters. The van der Waals surface area contributed by atoms with E-state index in [1.54, 1.807) is 0 Å². The molecule has 3 aromatic rings. The second-order valence-corrected chi connectivity index (χ2v) is 8.21. The molecule has 3 aromatic carbocycles. The van der Waals surface area contributed by atoms with Crippen LogP contribution >= 0.6 is 0 Å². The van der Waals surface area contributed by atoms with Gasteiger partial charge in [-0.1, -0.05) is 66.7 Å². The molecule has 1 atom stereocenters. The Hall–Kier alpha value is -2.43. The molecule has 0 saturated heterocycles. The lowest BCUT2D eigenvalue weighted by Crippen LogP contribution is -2.20. The lowest BCUT2D eigenvalue weighted by Gasteiger charge is -2.23. The number of hydrogen-bond acceptors (Lipinski definition) is 3. The van der Waals surface area contributed by atoms with Crippen molar-refractivity contribution in [1.82, 2.24) is 4.90 Å². The zero-order valence-electron chi connectivity index (χ0n) is 14.4. The monoisotopic (exact) mass is 350 g/mol. The number of benzene rings is 3. The van der Waals surface area contributed by atoms with Gasteiger partial charge in [0.25, 0.3) is 0 Å². The normalized spacial score (nSPS) is 12.8. The molecule has 0 N–H and O–H groups in total. The summed E-state index contributed by atoms with van der Waals surface area (Å²) in [4.78, 5) is 3.44. The minimum Gasteiger partial charge on any atom is -0.284 e. The zero-order chi connectivity index (χ0) is 17.7. The van der Waals surface area contributed by atoms with Crippen LogP contribution < -0.4 is 0 Å². The SMILES string of the molecule is CN(C)C(N=S(=O)(c1ccccc1)c1ccccc1)c1ccccc1. The van der Waals surface area contributed by atoms with Crippen molar-refractivity contribution in [3.05, 3.63) is 96.6 Å². The third-order valence-electron chi connectivity index (χ3n) is 3.96. The molecule has 0 heterocycles. The average molecular weight is 350 g/mol. The Morgan fingerprint density at radius 2 is 1.12 bits per heavy atom. The first-order chi connectivity index (χ1) is 12.1. The Kier molecular flexibility index (Phi) is 5.31. The number of rotatable bonds is 5. The predicted molar refractivity (Wildman–Crippen MR) is 103 cm³/mol. The quantitative estimate of drug-likeness (QED) is 0.660. The Labute approximate surface area is 150 Å². The van der Waals surface area contributed by atoms with Gasteiger partial charge in [0.15, 0.2) is 0 Å². The van der Waals surface area contributed by atoms with Crippen LogP contribution in [0.2, 0.25) is 0 Å². The van der Waals surface area contributed by atoms with E-state index < -0.39 is 9.73 Å². The summed E-state index contributed by atoms with van der Waals surface area (Å²) >= 11 is 0. The summed E-state index contributed by atoms with van der Waals surface area (Å²) < 4.78 is 19.0. The largest absolute Gasteiger partial charge is 0.284 e. The minimum absolute atomic E-state index is 0.297. The van der Waals surface area contributed by atoms with Crippen molar-refractivity contribution < 1.29 is 4.21 Å². The molecular weight excluding hydrogens is 328 g/mol. The minimum atomic E-state index is -2.76. The van der Waals surface area contributed by atoms with Gasteiger partial charge in [-0.2, -0.15) is 0 Å². The molecule has 0 spiro atoms. The van der Waals surface area contributed by atoms with Crippen LogP contribution in [0.1, 0.15) is 11.7 Å². The van der Waals surface area contributed by atoms with E-state index in [0.29, 0.717) is 0 Å². The van der Waals surface area contributed by atoms with Crippen molar-refractivity contribution in [2.24, 2.45) is 4.36 Å². The van der Waals surface area contributed by atoms with Crippen LogP contribution in [0.25, 0.3) is 0 Å². The van der Waals surface area contributed by atoms with Crippen LogP contribution in [-0.4, -0.2) is 23.2 Å². The van der Waals surface area contributed by atoms with E-state index in [2.05, 4.69) is 0 Å². The molecular formula is C21H22N2OS. The topological polar surface area (TPSA) is 32.7 Å². The van der Waals surface area contributed by atoms with Gasteiger partial charge >= 0.3 is 0 Å². The van der Waals surface area contributed by atoms with Gasteiger partial charge in [-0.15, -0.1) is 0 Å². The van der Waals surface area contributed by atoms with Crippen LogP contribution in [0.3, 0.4) is 0 Å². The summed E-state index contributed by atoms with van der Waals surface area (Å²) in [5, 5.41) is 0. The fraction of sp³-hybridized carbons (Fsp3) is 0.143. The lowest BCUT2D eigenvalue weighted by molar-refractivity contribution is 0.311. The van der Waals surface area contributed by atoms with Crippen LogP contribution in [0.5, 0.6) is 0 Å². The molecule has 0 radical (unpaired) electrons. The molecule has 3 nitrogen and oxygen atoms in total. The van der Waals surface area contributed by atoms with E-state index in [1.165, 1.54) is 0 Å². The second-order valence-electron chi connectivity index (χ2n) is 6.01. The highest BCUT2D eigenvalue weighted by molar-refractivity contribution is 7.93. The van der Waals surface area contributed by atoms with Crippen LogP contribution in [0.15, 0.2) is 105 Å². The Morgan fingerprint density at radius 3 is 1.52 bits per heavy atom. The van der Waals surface area contributed by atoms with Crippen molar-refractivity contribution in [3.8, 4) is 0 Å². The summed E-state index contributed by atoms with van der Waals surface area (Å²) in [6.45, 7) is 0. The van der Waals surface area contributed by atoms with Crippen molar-refractivity contribution in [3.63, 3.8) is 0 Å². The maximum Gasteiger partial charge on any atom is 0.137 e. The number of nitrogens with zero attached hydrogens (tertiary/aromatic N) is 2. The molecule has 0 aromatic heterocycles. The molecule has 0 aliphatic carbocycles. The fourth-order valence-electron chi connectivity index (χ4n) is 2.69. The third-order valence-corrected chi connectivity index (χ3v) is 6.28. The molecule has 0 aliphatic rings. The summed E-state index contributed by atoms with van der Waals surface area (Å²) in [7, 11) is 1.16. The van der Waals surface area contributed by atoms with E-state index in [1.807, 2.05) is 110 Å². The molecule has 0 saturated carbocycles. The van der Waals surface area contributed by atoms with Crippen molar-refractivity contribution in [1.29, 1.82) is 0 Å². The van der Waals surface area contributed by atoms with Gasteiger partial charge in [0.1, 0.15) is 15.9 Å². The van der Waals surface area contributed by atoms with Gasteiger partial charge in [0.2, 0.25) is 0 Å². The maximum atomic E-state index is 14.1. The van der Waals surface area contributed by atoms with E-state index >= 15 is 0 Å². The van der Waals surface area contributed by atoms with Crippen LogP contribution in [0, 0.1) is 0 Å². The van der Waals surface area contributed by atoms with E-state index in [4.69, 9.17) is 4.36 Å². The molecule has 0 aliphatic heterocycles. The van der Waals surface area contributed by atoms with Gasteiger partial charge in [0, 0.05) is 0 Å². The average Bonchev–Trinajstić information content (AvgIpc) is 2.68. The molecule has 128 valence electrons. The summed E-state index contributed by atoms with van der Waals surface area (Å²) in [5.74, 6) is 0. The number of hydrogen-bond donors (Lipinski definition) is 0. The zero-order valence-corrected chi connectivity index (χ0v) is 15.3. The van der Waals surface area contributed by atoms with E-state index in [0.717, 1.165) is 15.4 Å². The highest BCUT2D eigenvalue weighted by Crippen LogP contribution is 2.29. The molecule has 4 heteroatoms. The van der Waals surface area contributed by atoms with Gasteiger partial charge < -0.3 is 0 Å². The Bertz CT molecular complexity index is 870. The van der Waals surface area contributed by atoms with Crippen molar-refractivity contribution in [2.75, 3.05) is 14.1 Å². The van der Waals surface area contributed by atoms with Crippen LogP contribution in [-0.2, 0) is 9.73 Å². The fourth-order valence-corrected chi connectivity index (χ4v) is 4.85. The first-order valence-electron chi connectivity index (χ1n) is 8.19. The first-order valence-corrected chi connectivity index (χ1v) is 9.70. The summed E-state index contributed by atoms with van der Waals surface area (Å²) in [6, 6.07) is 29.0. The first kappa shape index (κ1) is 17.4. The van der Waals surface area contributed by atoms with E-state index in [9.17, 15) is 4.21 Å². The molecule has 0 amide bonds. The molecule has 3 rings (SSSR count). The lowest BCUT2D eigenvalue weighted by atomic mass is 10.2. The van der Waals surface area contributed by atoms with E-state index in [-0.39, 0.29) is 6.17 Å². The van der Waals surface area contributed by atoms with Gasteiger partial charge in [-0.3, -0.25) is 4.90 Å². The second kappa shape index (κ2) is 7.64. The maximum absolute atomic E-state index is 14.1. The molecule has 0 fully saturated rings. The van der Waals surface area contributed by atoms with Gasteiger partial charge in [-0.05, 0) is 43.9 Å². The standard InChI is InChI=1S/C21H22N2OS/c1-23(2)21(18-12-6-3-7-13-18)22-25(24,19-14-8-4-9-15-19)20-16-10-5-11-17-20/h3-17,21H,1-2H3. The highest BCUT2D eigenvalue weighted by Gasteiger charge is 2.21.